The van der Waals surface area contributed by atoms with Gasteiger partial charge < -0.3 is 9.47 Å². The second-order valence-electron chi connectivity index (χ2n) is 7.19. The van der Waals surface area contributed by atoms with E-state index in [4.69, 9.17) is 44.9 Å². The Kier molecular flexibility index (Phi) is 7.60. The Labute approximate surface area is 212 Å². The minimum absolute atomic E-state index is 0.106. The molecular weight excluding hydrogens is 497 g/mol. The molecule has 1 heterocycles. The summed E-state index contributed by atoms with van der Waals surface area (Å²) < 4.78 is 12.0. The van der Waals surface area contributed by atoms with Crippen molar-refractivity contribution >= 4 is 63.5 Å². The highest BCUT2D eigenvalue weighted by Crippen LogP contribution is 2.36. The van der Waals surface area contributed by atoms with Gasteiger partial charge in [-0.15, -0.1) is 0 Å². The highest BCUT2D eigenvalue weighted by molar-refractivity contribution is 8.26. The van der Waals surface area contributed by atoms with Crippen LogP contribution in [0.25, 0.3) is 6.08 Å². The van der Waals surface area contributed by atoms with Crippen LogP contribution >= 0.6 is 47.2 Å². The molecule has 0 radical (unpaired) electrons. The number of ether oxygens (including phenoxy) is 2. The summed E-state index contributed by atoms with van der Waals surface area (Å²) in [4.78, 5) is 15.1. The van der Waals surface area contributed by atoms with E-state index in [9.17, 15) is 4.79 Å². The highest BCUT2D eigenvalue weighted by Gasteiger charge is 2.32. The average molecular weight is 516 g/mol. The van der Waals surface area contributed by atoms with Crippen LogP contribution in [0.3, 0.4) is 0 Å². The number of thiocarbonyl (C=S) groups is 1. The topological polar surface area (TPSA) is 38.8 Å². The number of benzene rings is 3. The van der Waals surface area contributed by atoms with Crippen molar-refractivity contribution in [1.29, 1.82) is 0 Å². The molecule has 1 amide bonds. The fourth-order valence-corrected chi connectivity index (χ4v) is 4.96. The minimum Gasteiger partial charge on any atom is -0.493 e. The Balaban J connectivity index is 1.49. The van der Waals surface area contributed by atoms with Crippen molar-refractivity contribution in [3.63, 3.8) is 0 Å². The summed E-state index contributed by atoms with van der Waals surface area (Å²) in [5, 5.41) is 1.11. The summed E-state index contributed by atoms with van der Waals surface area (Å²) in [5.74, 6) is 1.01. The third-order valence-electron chi connectivity index (χ3n) is 4.94. The van der Waals surface area contributed by atoms with Gasteiger partial charge in [0.2, 0.25) is 0 Å². The van der Waals surface area contributed by atoms with E-state index in [1.54, 1.807) is 30.2 Å². The molecule has 33 heavy (non-hydrogen) atoms. The molecule has 0 aromatic heterocycles. The summed E-state index contributed by atoms with van der Waals surface area (Å²) in [5.41, 5.74) is 2.65. The van der Waals surface area contributed by atoms with E-state index in [0.717, 1.165) is 16.7 Å². The molecule has 0 bridgehead atoms. The summed E-state index contributed by atoms with van der Waals surface area (Å²) in [6, 6.07) is 20.5. The number of halogens is 2. The molecule has 1 aliphatic rings. The zero-order valence-electron chi connectivity index (χ0n) is 17.6. The van der Waals surface area contributed by atoms with Crippen molar-refractivity contribution in [2.45, 2.75) is 13.2 Å². The molecule has 0 saturated carbocycles. The van der Waals surface area contributed by atoms with E-state index < -0.39 is 0 Å². The molecule has 0 N–H and O–H groups in total. The van der Waals surface area contributed by atoms with Gasteiger partial charge in [-0.1, -0.05) is 89.6 Å². The Bertz CT molecular complexity index is 1230. The van der Waals surface area contributed by atoms with E-state index in [0.29, 0.717) is 37.3 Å². The van der Waals surface area contributed by atoms with E-state index in [1.165, 1.54) is 11.8 Å². The fraction of sp³-hybridized carbons (Fsp3) is 0.120. The van der Waals surface area contributed by atoms with Gasteiger partial charge in [0.05, 0.1) is 18.6 Å². The van der Waals surface area contributed by atoms with Crippen molar-refractivity contribution in [2.75, 3.05) is 7.11 Å². The smallest absolute Gasteiger partial charge is 0.266 e. The number of hydrogen-bond acceptors (Lipinski definition) is 5. The summed E-state index contributed by atoms with van der Waals surface area (Å²) >= 11 is 18.9. The predicted molar refractivity (Wildman–Crippen MR) is 139 cm³/mol. The first kappa shape index (κ1) is 23.6. The molecule has 8 heteroatoms. The van der Waals surface area contributed by atoms with Crippen molar-refractivity contribution in [3.05, 3.63) is 98.4 Å². The lowest BCUT2D eigenvalue weighted by molar-refractivity contribution is -0.122. The number of carbonyl (C=O) groups excluding carboxylic acids is 1. The molecule has 1 fully saturated rings. The maximum Gasteiger partial charge on any atom is 0.266 e. The van der Waals surface area contributed by atoms with Gasteiger partial charge >= 0.3 is 0 Å². The maximum atomic E-state index is 12.9. The van der Waals surface area contributed by atoms with Crippen molar-refractivity contribution < 1.29 is 14.3 Å². The molecule has 3 aromatic carbocycles. The van der Waals surface area contributed by atoms with Gasteiger partial charge in [-0.05, 0) is 41.5 Å². The zero-order chi connectivity index (χ0) is 23.4. The molecule has 0 atom stereocenters. The number of carbonyl (C=O) groups is 1. The van der Waals surface area contributed by atoms with Crippen molar-refractivity contribution in [3.8, 4) is 11.5 Å². The molecule has 4 rings (SSSR count). The number of hydrogen-bond donors (Lipinski definition) is 0. The SMILES string of the molecule is COc1cc(/C=C2\SC(=S)N(Cc3ccccc3)C2=O)ccc1OCc1ccc(Cl)cc1Cl. The van der Waals surface area contributed by atoms with E-state index >= 15 is 0 Å². The molecule has 0 aliphatic carbocycles. The first-order valence-electron chi connectivity index (χ1n) is 9.98. The van der Waals surface area contributed by atoms with Crippen molar-refractivity contribution in [2.24, 2.45) is 0 Å². The third kappa shape index (κ3) is 5.71. The second kappa shape index (κ2) is 10.6. The first-order chi connectivity index (χ1) is 15.9. The molecule has 168 valence electrons. The van der Waals surface area contributed by atoms with Crippen LogP contribution in [0.5, 0.6) is 11.5 Å². The van der Waals surface area contributed by atoms with Gasteiger partial charge in [0, 0.05) is 15.6 Å². The Morgan fingerprint density at radius 2 is 1.82 bits per heavy atom. The van der Waals surface area contributed by atoms with Gasteiger partial charge in [0.25, 0.3) is 5.91 Å². The van der Waals surface area contributed by atoms with Crippen LogP contribution in [0.4, 0.5) is 0 Å². The van der Waals surface area contributed by atoms with Crippen LogP contribution in [-0.2, 0) is 17.9 Å². The number of methoxy groups -OCH3 is 1. The molecule has 4 nitrogen and oxygen atoms in total. The van der Waals surface area contributed by atoms with Gasteiger partial charge in [-0.25, -0.2) is 0 Å². The number of nitrogens with zero attached hydrogens (tertiary/aromatic N) is 1. The molecule has 0 spiro atoms. The van der Waals surface area contributed by atoms with Gasteiger partial charge in [-0.2, -0.15) is 0 Å². The van der Waals surface area contributed by atoms with E-state index in [2.05, 4.69) is 0 Å². The summed E-state index contributed by atoms with van der Waals surface area (Å²) in [6.45, 7) is 0.718. The normalized spacial score (nSPS) is 14.8. The maximum absolute atomic E-state index is 12.9. The summed E-state index contributed by atoms with van der Waals surface area (Å²) in [7, 11) is 1.57. The monoisotopic (exact) mass is 515 g/mol. The van der Waals surface area contributed by atoms with Crippen LogP contribution in [0.2, 0.25) is 10.0 Å². The van der Waals surface area contributed by atoms with Crippen LogP contribution in [-0.4, -0.2) is 22.2 Å². The molecule has 1 aliphatic heterocycles. The second-order valence-corrected chi connectivity index (χ2v) is 9.71. The molecule has 0 unspecified atom stereocenters. The van der Waals surface area contributed by atoms with Crippen LogP contribution < -0.4 is 9.47 Å². The number of thioether (sulfide) groups is 1. The average Bonchev–Trinajstić information content (AvgIpc) is 3.07. The molecular formula is C25H19Cl2NO3S2. The van der Waals surface area contributed by atoms with Crippen molar-refractivity contribution in [1.82, 2.24) is 4.90 Å². The predicted octanol–water partition coefficient (Wildman–Crippen LogP) is 6.98. The van der Waals surface area contributed by atoms with E-state index in [1.807, 2.05) is 54.6 Å². The number of amides is 1. The first-order valence-corrected chi connectivity index (χ1v) is 12.0. The quantitative estimate of drug-likeness (QED) is 0.250. The van der Waals surface area contributed by atoms with Crippen LogP contribution in [0.15, 0.2) is 71.6 Å². The van der Waals surface area contributed by atoms with Gasteiger partial charge in [0.15, 0.2) is 11.5 Å². The summed E-state index contributed by atoms with van der Waals surface area (Å²) in [6.07, 6.45) is 1.81. The van der Waals surface area contributed by atoms with Crippen LogP contribution in [0, 0.1) is 0 Å². The van der Waals surface area contributed by atoms with E-state index in [-0.39, 0.29) is 12.5 Å². The Morgan fingerprint density at radius 1 is 1.03 bits per heavy atom. The van der Waals surface area contributed by atoms with Gasteiger partial charge in [0.1, 0.15) is 10.9 Å². The lowest BCUT2D eigenvalue weighted by Crippen LogP contribution is -2.27. The lowest BCUT2D eigenvalue weighted by Gasteiger charge is -2.14. The minimum atomic E-state index is -0.106. The Hall–Kier alpha value is -2.51. The molecule has 3 aromatic rings. The van der Waals surface area contributed by atoms with Gasteiger partial charge in [-0.3, -0.25) is 9.69 Å². The fourth-order valence-electron chi connectivity index (χ4n) is 3.24. The number of rotatable bonds is 7. The highest BCUT2D eigenvalue weighted by atomic mass is 35.5. The zero-order valence-corrected chi connectivity index (χ0v) is 20.7. The van der Waals surface area contributed by atoms with Crippen LogP contribution in [0.1, 0.15) is 16.7 Å². The molecule has 1 saturated heterocycles. The third-order valence-corrected chi connectivity index (χ3v) is 6.91. The standard InChI is InChI=1S/C25H19Cl2NO3S2/c1-30-22-11-17(7-10-21(22)31-15-18-8-9-19(26)13-20(18)27)12-23-24(29)28(25(32)33-23)14-16-5-3-2-4-6-16/h2-13H,14-15H2,1H3/b23-12-. The Morgan fingerprint density at radius 3 is 2.55 bits per heavy atom. The lowest BCUT2D eigenvalue weighted by atomic mass is 10.1. The largest absolute Gasteiger partial charge is 0.493 e.